The van der Waals surface area contributed by atoms with E-state index in [1.165, 1.54) is 28.5 Å². The number of carbonyl (C=O) groups excluding carboxylic acids is 1. The first kappa shape index (κ1) is 17.7. The minimum atomic E-state index is -0.470. The van der Waals surface area contributed by atoms with Crippen LogP contribution >= 0.6 is 11.8 Å². The van der Waals surface area contributed by atoms with E-state index in [2.05, 4.69) is 0 Å². The lowest BCUT2D eigenvalue weighted by molar-refractivity contribution is 0.0764. The molecule has 0 N–H and O–H groups in total. The summed E-state index contributed by atoms with van der Waals surface area (Å²) in [5, 5.41) is -0.216. The predicted octanol–water partition coefficient (Wildman–Crippen LogP) is 2.98. The van der Waals surface area contributed by atoms with Crippen molar-refractivity contribution in [3.05, 3.63) is 69.6 Å². The summed E-state index contributed by atoms with van der Waals surface area (Å²) < 4.78 is 28.8. The lowest BCUT2D eigenvalue weighted by atomic mass is 10.1. The molecule has 1 unspecified atom stereocenters. The van der Waals surface area contributed by atoms with E-state index in [0.29, 0.717) is 30.8 Å². The van der Waals surface area contributed by atoms with Crippen molar-refractivity contribution in [3.63, 3.8) is 0 Å². The molecule has 1 fully saturated rings. The lowest BCUT2D eigenvalue weighted by Gasteiger charge is -2.20. The van der Waals surface area contributed by atoms with Crippen LogP contribution < -0.4 is 5.56 Å². The molecule has 1 aliphatic rings. The van der Waals surface area contributed by atoms with Crippen LogP contribution in [0.1, 0.15) is 27.6 Å². The Bertz CT molecular complexity index is 853. The number of aryl methyl sites for hydroxylation is 1. The number of halogens is 2. The Morgan fingerprint density at radius 2 is 2.04 bits per heavy atom. The summed E-state index contributed by atoms with van der Waals surface area (Å²) >= 11 is 1.50. The van der Waals surface area contributed by atoms with Crippen molar-refractivity contribution < 1.29 is 13.6 Å². The van der Waals surface area contributed by atoms with Crippen LogP contribution in [-0.4, -0.2) is 34.2 Å². The Morgan fingerprint density at radius 1 is 1.24 bits per heavy atom. The van der Waals surface area contributed by atoms with Crippen LogP contribution in [0.4, 0.5) is 8.78 Å². The summed E-state index contributed by atoms with van der Waals surface area (Å²) in [6.07, 6.45) is 2.10. The second kappa shape index (κ2) is 7.39. The molecule has 7 heteroatoms. The van der Waals surface area contributed by atoms with Crippen LogP contribution in [0.25, 0.3) is 0 Å². The molecule has 0 spiro atoms. The van der Waals surface area contributed by atoms with Gasteiger partial charge in [-0.25, -0.2) is 8.78 Å². The monoisotopic (exact) mass is 364 g/mol. The maximum absolute atomic E-state index is 14.0. The standard InChI is InChI=1S/C18H18F2N2O2S/c1-21-7-2-3-13(17(21)23)18(24)22-8-6-16(25-10-9-22)14-11-12(19)4-5-15(14)20/h2-5,7,11,16H,6,8-10H2,1H3. The SMILES string of the molecule is Cn1cccc(C(=O)N2CCSC(c3cc(F)ccc3F)CC2)c1=O. The maximum atomic E-state index is 14.0. The van der Waals surface area contributed by atoms with E-state index in [1.54, 1.807) is 24.2 Å². The summed E-state index contributed by atoms with van der Waals surface area (Å²) in [5.41, 5.74) is 0.123. The first-order valence-electron chi connectivity index (χ1n) is 7.99. The summed E-state index contributed by atoms with van der Waals surface area (Å²) in [5.74, 6) is -0.626. The molecule has 25 heavy (non-hydrogen) atoms. The molecular weight excluding hydrogens is 346 g/mol. The van der Waals surface area contributed by atoms with Gasteiger partial charge in [-0.3, -0.25) is 9.59 Å². The highest BCUT2D eigenvalue weighted by Gasteiger charge is 2.26. The van der Waals surface area contributed by atoms with Crippen LogP contribution in [0.3, 0.4) is 0 Å². The number of rotatable bonds is 2. The van der Waals surface area contributed by atoms with E-state index in [9.17, 15) is 18.4 Å². The topological polar surface area (TPSA) is 42.3 Å². The van der Waals surface area contributed by atoms with Gasteiger partial charge < -0.3 is 9.47 Å². The largest absolute Gasteiger partial charge is 0.338 e. The number of nitrogens with zero attached hydrogens (tertiary/aromatic N) is 2. The average Bonchev–Trinajstić information content (AvgIpc) is 2.85. The third-order valence-electron chi connectivity index (χ3n) is 4.29. The fourth-order valence-corrected chi connectivity index (χ4v) is 4.16. The Balaban J connectivity index is 1.77. The molecule has 4 nitrogen and oxygen atoms in total. The predicted molar refractivity (Wildman–Crippen MR) is 93.8 cm³/mol. The molecular formula is C18H18F2N2O2S. The van der Waals surface area contributed by atoms with Gasteiger partial charge in [-0.15, -0.1) is 0 Å². The van der Waals surface area contributed by atoms with Crippen LogP contribution in [0, 0.1) is 11.6 Å². The number of pyridine rings is 1. The zero-order valence-corrected chi connectivity index (χ0v) is 14.6. The molecule has 3 rings (SSSR count). The number of amides is 1. The van der Waals surface area contributed by atoms with Crippen molar-refractivity contribution in [3.8, 4) is 0 Å². The van der Waals surface area contributed by atoms with E-state index in [0.717, 1.165) is 12.1 Å². The van der Waals surface area contributed by atoms with Gasteiger partial charge in [0.25, 0.3) is 11.5 Å². The minimum absolute atomic E-state index is 0.130. The number of thioether (sulfide) groups is 1. The Hall–Kier alpha value is -2.15. The van der Waals surface area contributed by atoms with Crippen LogP contribution in [-0.2, 0) is 7.05 Å². The molecule has 0 bridgehead atoms. The molecule has 1 atom stereocenters. The van der Waals surface area contributed by atoms with Crippen molar-refractivity contribution in [2.75, 3.05) is 18.8 Å². The second-order valence-electron chi connectivity index (χ2n) is 5.94. The van der Waals surface area contributed by atoms with Crippen molar-refractivity contribution >= 4 is 17.7 Å². The first-order valence-corrected chi connectivity index (χ1v) is 9.03. The van der Waals surface area contributed by atoms with Crippen molar-refractivity contribution in [1.82, 2.24) is 9.47 Å². The average molecular weight is 364 g/mol. The summed E-state index contributed by atoms with van der Waals surface area (Å²) in [7, 11) is 1.60. The van der Waals surface area contributed by atoms with E-state index < -0.39 is 11.6 Å². The normalized spacial score (nSPS) is 18.0. The Morgan fingerprint density at radius 3 is 2.84 bits per heavy atom. The van der Waals surface area contributed by atoms with Gasteiger partial charge in [0.1, 0.15) is 17.2 Å². The molecule has 132 valence electrons. The zero-order valence-electron chi connectivity index (χ0n) is 13.7. The molecule has 2 heterocycles. The van der Waals surface area contributed by atoms with Gasteiger partial charge in [-0.2, -0.15) is 11.8 Å². The highest BCUT2D eigenvalue weighted by Crippen LogP contribution is 2.36. The van der Waals surface area contributed by atoms with Crippen LogP contribution in [0.2, 0.25) is 0 Å². The number of hydrogen-bond acceptors (Lipinski definition) is 3. The molecule has 2 aromatic rings. The smallest absolute Gasteiger partial charge is 0.263 e. The Labute approximate surface area is 148 Å². The van der Waals surface area contributed by atoms with Gasteiger partial charge in [0.15, 0.2) is 0 Å². The van der Waals surface area contributed by atoms with Crippen LogP contribution in [0.5, 0.6) is 0 Å². The number of carbonyl (C=O) groups is 1. The minimum Gasteiger partial charge on any atom is -0.338 e. The summed E-state index contributed by atoms with van der Waals surface area (Å²) in [6, 6.07) is 6.63. The number of aromatic nitrogens is 1. The maximum Gasteiger partial charge on any atom is 0.263 e. The molecule has 1 aromatic heterocycles. The second-order valence-corrected chi connectivity index (χ2v) is 7.25. The molecule has 0 radical (unpaired) electrons. The molecule has 1 saturated heterocycles. The van der Waals surface area contributed by atoms with Crippen molar-refractivity contribution in [2.45, 2.75) is 11.7 Å². The van der Waals surface area contributed by atoms with Gasteiger partial charge >= 0.3 is 0 Å². The van der Waals surface area contributed by atoms with Crippen molar-refractivity contribution in [2.24, 2.45) is 7.05 Å². The third-order valence-corrected chi connectivity index (χ3v) is 5.60. The fourth-order valence-electron chi connectivity index (χ4n) is 2.91. The van der Waals surface area contributed by atoms with E-state index in [4.69, 9.17) is 0 Å². The quantitative estimate of drug-likeness (QED) is 0.823. The number of benzene rings is 1. The number of hydrogen-bond donors (Lipinski definition) is 0. The molecule has 0 aliphatic carbocycles. The Kier molecular flexibility index (Phi) is 5.22. The van der Waals surface area contributed by atoms with E-state index >= 15 is 0 Å². The van der Waals surface area contributed by atoms with Gasteiger partial charge in [0.2, 0.25) is 0 Å². The third kappa shape index (κ3) is 3.76. The zero-order chi connectivity index (χ0) is 18.0. The highest BCUT2D eigenvalue weighted by atomic mass is 32.2. The van der Waals surface area contributed by atoms with Gasteiger partial charge in [0.05, 0.1) is 0 Å². The van der Waals surface area contributed by atoms with Gasteiger partial charge in [-0.05, 0) is 36.8 Å². The molecule has 1 aromatic carbocycles. The molecule has 1 amide bonds. The van der Waals surface area contributed by atoms with E-state index in [1.807, 2.05) is 0 Å². The highest BCUT2D eigenvalue weighted by molar-refractivity contribution is 7.99. The summed E-state index contributed by atoms with van der Waals surface area (Å²) in [6.45, 7) is 0.861. The van der Waals surface area contributed by atoms with E-state index in [-0.39, 0.29) is 22.3 Å². The van der Waals surface area contributed by atoms with Crippen molar-refractivity contribution in [1.29, 1.82) is 0 Å². The van der Waals surface area contributed by atoms with Crippen LogP contribution in [0.15, 0.2) is 41.3 Å². The fraction of sp³-hybridized carbons (Fsp3) is 0.333. The van der Waals surface area contributed by atoms with Gasteiger partial charge in [0, 0.05) is 42.9 Å². The summed E-state index contributed by atoms with van der Waals surface area (Å²) in [4.78, 5) is 26.4. The molecule has 0 saturated carbocycles. The molecule has 1 aliphatic heterocycles. The van der Waals surface area contributed by atoms with Gasteiger partial charge in [-0.1, -0.05) is 0 Å². The lowest BCUT2D eigenvalue weighted by Crippen LogP contribution is -2.37. The first-order chi connectivity index (χ1) is 12.0.